The first kappa shape index (κ1) is 36.1. The van der Waals surface area contributed by atoms with E-state index < -0.39 is 17.2 Å². The lowest BCUT2D eigenvalue weighted by atomic mass is 9.73. The Morgan fingerprint density at radius 3 is 2.62 bits per heavy atom. The number of phenols is 1. The second-order valence-electron chi connectivity index (χ2n) is 15.7. The molecule has 2 saturated heterocycles. The molecular formula is C40H49F2N5O6. The summed E-state index contributed by atoms with van der Waals surface area (Å²) in [5.74, 6) is -0.994. The van der Waals surface area contributed by atoms with Crippen LogP contribution in [0.15, 0.2) is 24.3 Å². The average Bonchev–Trinajstić information content (AvgIpc) is 3.47. The lowest BCUT2D eigenvalue weighted by Gasteiger charge is -2.53. The first-order chi connectivity index (χ1) is 25.5. The zero-order valence-electron chi connectivity index (χ0n) is 31.0. The van der Waals surface area contributed by atoms with Gasteiger partial charge in [-0.15, -0.1) is 0 Å². The maximum absolute atomic E-state index is 17.3. The number of aliphatic hydroxyl groups is 1. The molecule has 4 heterocycles. The predicted molar refractivity (Wildman–Crippen MR) is 197 cm³/mol. The molecule has 4 aliphatic rings. The van der Waals surface area contributed by atoms with Crippen molar-refractivity contribution in [2.75, 3.05) is 58.6 Å². The third-order valence-corrected chi connectivity index (χ3v) is 12.1. The van der Waals surface area contributed by atoms with Crippen LogP contribution in [0.3, 0.4) is 0 Å². The van der Waals surface area contributed by atoms with Crippen LogP contribution >= 0.6 is 0 Å². The number of pyridine rings is 1. The van der Waals surface area contributed by atoms with E-state index in [0.29, 0.717) is 66.5 Å². The third-order valence-electron chi connectivity index (χ3n) is 12.1. The maximum atomic E-state index is 17.3. The summed E-state index contributed by atoms with van der Waals surface area (Å²) >= 11 is 0. The van der Waals surface area contributed by atoms with Crippen LogP contribution in [0.5, 0.6) is 17.6 Å². The molecule has 4 fully saturated rings. The molecule has 2 aliphatic carbocycles. The van der Waals surface area contributed by atoms with Crippen molar-refractivity contribution in [1.29, 1.82) is 0 Å². The van der Waals surface area contributed by atoms with Gasteiger partial charge in [-0.25, -0.2) is 13.8 Å². The van der Waals surface area contributed by atoms with Crippen molar-refractivity contribution < 1.29 is 37.9 Å². The molecule has 2 aromatic carbocycles. The van der Waals surface area contributed by atoms with E-state index in [1.807, 2.05) is 11.8 Å². The fourth-order valence-electron chi connectivity index (χ4n) is 9.52. The van der Waals surface area contributed by atoms with Crippen LogP contribution in [0.4, 0.5) is 14.6 Å². The molecule has 0 bridgehead atoms. The molecule has 0 radical (unpaired) electrons. The van der Waals surface area contributed by atoms with Crippen LogP contribution in [0.2, 0.25) is 0 Å². The summed E-state index contributed by atoms with van der Waals surface area (Å²) in [6, 6.07) is 6.72. The van der Waals surface area contributed by atoms with E-state index in [-0.39, 0.29) is 58.4 Å². The minimum Gasteiger partial charge on any atom is -0.508 e. The van der Waals surface area contributed by atoms with Gasteiger partial charge in [0.05, 0.1) is 39.6 Å². The minimum atomic E-state index is -1.22. The number of ether oxygens (including phenoxy) is 4. The number of rotatable bonds is 9. The fourth-order valence-corrected chi connectivity index (χ4v) is 9.52. The van der Waals surface area contributed by atoms with Gasteiger partial charge in [-0.05, 0) is 92.9 Å². The van der Waals surface area contributed by atoms with Crippen molar-refractivity contribution in [3.63, 3.8) is 0 Å². The molecule has 0 amide bonds. The van der Waals surface area contributed by atoms with Crippen LogP contribution in [-0.2, 0) is 15.9 Å². The predicted octanol–water partition coefficient (Wildman–Crippen LogP) is 6.18. The normalized spacial score (nSPS) is 27.8. The summed E-state index contributed by atoms with van der Waals surface area (Å²) in [6.07, 6.45) is 8.07. The highest BCUT2D eigenvalue weighted by atomic mass is 19.1. The van der Waals surface area contributed by atoms with Crippen molar-refractivity contribution in [3.8, 4) is 28.9 Å². The van der Waals surface area contributed by atoms with Crippen molar-refractivity contribution >= 4 is 27.5 Å². The Balaban J connectivity index is 1.26. The Hall–Kier alpha value is -3.91. The minimum absolute atomic E-state index is 0.0108. The van der Waals surface area contributed by atoms with E-state index in [2.05, 4.69) is 9.88 Å². The quantitative estimate of drug-likeness (QED) is 0.205. The lowest BCUT2D eigenvalue weighted by Crippen LogP contribution is -2.59. The van der Waals surface area contributed by atoms with Crippen molar-refractivity contribution in [2.45, 2.75) is 89.0 Å². The summed E-state index contributed by atoms with van der Waals surface area (Å²) in [4.78, 5) is 18.8. The van der Waals surface area contributed by atoms with E-state index in [0.717, 1.165) is 51.5 Å². The van der Waals surface area contributed by atoms with Gasteiger partial charge in [0.2, 0.25) is 5.88 Å². The Labute approximate surface area is 308 Å². The van der Waals surface area contributed by atoms with Crippen molar-refractivity contribution in [3.05, 3.63) is 41.5 Å². The maximum Gasteiger partial charge on any atom is 0.319 e. The molecule has 2 aromatic heterocycles. The SMILES string of the molecule is CCc1c(F)ccc2cc(O)cc(-c3nc(OC)c4c(N5CCOCC(C)(O)C5)nc(OCC56CCCC5N(C5CC(OC)C5)CCC6)nc4c3F)c12. The monoisotopic (exact) mass is 733 g/mol. The topological polar surface area (TPSA) is 123 Å². The number of anilines is 1. The number of hydrogen-bond acceptors (Lipinski definition) is 11. The largest absolute Gasteiger partial charge is 0.508 e. The molecule has 2 aliphatic heterocycles. The zero-order chi connectivity index (χ0) is 37.1. The number of benzene rings is 2. The van der Waals surface area contributed by atoms with E-state index in [9.17, 15) is 10.2 Å². The first-order valence-electron chi connectivity index (χ1n) is 18.9. The van der Waals surface area contributed by atoms with Gasteiger partial charge in [-0.1, -0.05) is 19.4 Å². The number of halogens is 2. The summed E-state index contributed by atoms with van der Waals surface area (Å²) in [6.45, 7) is 5.88. The van der Waals surface area contributed by atoms with Gasteiger partial charge in [0.1, 0.15) is 39.6 Å². The Morgan fingerprint density at radius 2 is 1.85 bits per heavy atom. The molecular weight excluding hydrogens is 684 g/mol. The van der Waals surface area contributed by atoms with E-state index >= 15 is 8.78 Å². The second kappa shape index (κ2) is 14.1. The molecule has 2 N–H and O–H groups in total. The van der Waals surface area contributed by atoms with Crippen LogP contribution in [0.1, 0.15) is 64.4 Å². The van der Waals surface area contributed by atoms with Gasteiger partial charge < -0.3 is 34.1 Å². The second-order valence-corrected chi connectivity index (χ2v) is 15.7. The number of β-amino-alcohol motifs (C(OH)–C–C–N with tert-alkyl or cyclic N) is 1. The highest BCUT2D eigenvalue weighted by Gasteiger charge is 2.52. The number of hydrogen-bond donors (Lipinski definition) is 2. The number of likely N-dealkylation sites (tertiary alicyclic amines) is 1. The summed E-state index contributed by atoms with van der Waals surface area (Å²) in [7, 11) is 3.22. The van der Waals surface area contributed by atoms with Gasteiger partial charge in [-0.2, -0.15) is 9.97 Å². The van der Waals surface area contributed by atoms with Crippen LogP contribution in [0, 0.1) is 17.0 Å². The van der Waals surface area contributed by atoms with Crippen molar-refractivity contribution in [2.24, 2.45) is 5.41 Å². The molecule has 0 spiro atoms. The average molecular weight is 734 g/mol. The highest BCUT2D eigenvalue weighted by Crippen LogP contribution is 2.50. The summed E-state index contributed by atoms with van der Waals surface area (Å²) < 4.78 is 56.3. The number of aromatic hydroxyl groups is 1. The van der Waals surface area contributed by atoms with Crippen LogP contribution < -0.4 is 14.4 Å². The van der Waals surface area contributed by atoms with E-state index in [4.69, 9.17) is 28.9 Å². The molecule has 3 unspecified atom stereocenters. The lowest BCUT2D eigenvalue weighted by molar-refractivity contribution is -0.0845. The van der Waals surface area contributed by atoms with Gasteiger partial charge in [0.15, 0.2) is 5.82 Å². The number of phenolic OH excluding ortho intramolecular Hbond substituents is 1. The standard InChI is InChI=1S/C40H49F2N5O6/c1-5-27-29(41)10-9-23-16-25(48)19-28(31(23)27)34-33(42)35-32(37(43-34)51-4)36(46-14-15-52-21-39(2,49)20-46)45-38(44-35)53-22-40-11-6-8-30(40)47(13-7-12-40)24-17-26(18-24)50-3/h9-10,16,19,24,26,30,48-49H,5-8,11-15,17-18,20-22H2,1-4H3. The van der Waals surface area contributed by atoms with Gasteiger partial charge in [-0.3, -0.25) is 4.90 Å². The van der Waals surface area contributed by atoms with Gasteiger partial charge in [0.25, 0.3) is 0 Å². The van der Waals surface area contributed by atoms with Crippen molar-refractivity contribution in [1.82, 2.24) is 19.9 Å². The third kappa shape index (κ3) is 6.43. The molecule has 284 valence electrons. The zero-order valence-corrected chi connectivity index (χ0v) is 31.0. The first-order valence-corrected chi connectivity index (χ1v) is 18.9. The number of methoxy groups -OCH3 is 2. The van der Waals surface area contributed by atoms with E-state index in [1.165, 1.54) is 25.3 Å². The fraction of sp³-hybridized carbons (Fsp3) is 0.575. The van der Waals surface area contributed by atoms with Crippen LogP contribution in [-0.4, -0.2) is 108 Å². The summed E-state index contributed by atoms with van der Waals surface area (Å²) in [5.41, 5.74) is -0.957. The molecule has 13 heteroatoms. The molecule has 53 heavy (non-hydrogen) atoms. The van der Waals surface area contributed by atoms with Gasteiger partial charge >= 0.3 is 6.01 Å². The van der Waals surface area contributed by atoms with E-state index in [1.54, 1.807) is 20.1 Å². The molecule has 3 atom stereocenters. The number of aryl methyl sites for hydroxylation is 1. The Bertz CT molecular complexity index is 2030. The number of fused-ring (bicyclic) bond motifs is 3. The number of aromatic nitrogens is 3. The molecule has 2 saturated carbocycles. The Morgan fingerprint density at radius 1 is 1.04 bits per heavy atom. The Kier molecular flexibility index (Phi) is 9.57. The number of nitrogens with zero attached hydrogens (tertiary/aromatic N) is 5. The smallest absolute Gasteiger partial charge is 0.319 e. The summed E-state index contributed by atoms with van der Waals surface area (Å²) in [5, 5.41) is 23.1. The molecule has 11 nitrogen and oxygen atoms in total. The molecule has 4 aromatic rings. The number of piperidine rings is 1. The molecule has 8 rings (SSSR count). The highest BCUT2D eigenvalue weighted by molar-refractivity contribution is 6.03. The van der Waals surface area contributed by atoms with Gasteiger partial charge in [0, 0.05) is 36.7 Å². The van der Waals surface area contributed by atoms with Crippen LogP contribution in [0.25, 0.3) is 32.9 Å².